The summed E-state index contributed by atoms with van der Waals surface area (Å²) in [5.74, 6) is 0.104. The van der Waals surface area contributed by atoms with E-state index in [1.54, 1.807) is 0 Å². The van der Waals surface area contributed by atoms with Gasteiger partial charge >= 0.3 is 0 Å². The van der Waals surface area contributed by atoms with E-state index in [0.29, 0.717) is 12.5 Å². The molecule has 1 fully saturated rings. The quantitative estimate of drug-likeness (QED) is 0.861. The van der Waals surface area contributed by atoms with Crippen LogP contribution in [0.25, 0.3) is 10.9 Å². The van der Waals surface area contributed by atoms with Gasteiger partial charge in [-0.3, -0.25) is 4.79 Å². The van der Waals surface area contributed by atoms with E-state index in [2.05, 4.69) is 28.3 Å². The van der Waals surface area contributed by atoms with Crippen LogP contribution in [-0.2, 0) is 11.2 Å². The highest BCUT2D eigenvalue weighted by molar-refractivity contribution is 5.88. The second-order valence-electron chi connectivity index (χ2n) is 6.66. The van der Waals surface area contributed by atoms with Gasteiger partial charge in [-0.05, 0) is 31.5 Å². The van der Waals surface area contributed by atoms with E-state index >= 15 is 0 Å². The molecule has 124 valence electrons. The zero-order chi connectivity index (χ0) is 16.1. The van der Waals surface area contributed by atoms with Crippen molar-refractivity contribution in [2.45, 2.75) is 44.6 Å². The van der Waals surface area contributed by atoms with Gasteiger partial charge in [0.15, 0.2) is 0 Å². The van der Waals surface area contributed by atoms with Crippen LogP contribution in [0.5, 0.6) is 0 Å². The number of aromatic nitrogens is 1. The molecule has 1 saturated carbocycles. The third-order valence-corrected chi connectivity index (χ3v) is 5.01. The van der Waals surface area contributed by atoms with Gasteiger partial charge in [0, 0.05) is 36.2 Å². The first-order chi connectivity index (χ1) is 11.2. The molecule has 23 heavy (non-hydrogen) atoms. The molecular weight excluding hydrogens is 286 g/mol. The number of aromatic amines is 1. The number of benzene rings is 1. The smallest absolute Gasteiger partial charge is 0.224 e. The monoisotopic (exact) mass is 313 g/mol. The van der Waals surface area contributed by atoms with E-state index < -0.39 is 0 Å². The first kappa shape index (κ1) is 16.1. The molecule has 1 aliphatic rings. The molecule has 3 rings (SSSR count). The summed E-state index contributed by atoms with van der Waals surface area (Å²) < 4.78 is 0. The average Bonchev–Trinajstić information content (AvgIpc) is 2.99. The predicted octanol–water partition coefficient (Wildman–Crippen LogP) is 3.09. The van der Waals surface area contributed by atoms with Gasteiger partial charge in [0.2, 0.25) is 5.91 Å². The van der Waals surface area contributed by atoms with Crippen LogP contribution >= 0.6 is 0 Å². The second kappa shape index (κ2) is 7.64. The van der Waals surface area contributed by atoms with Crippen LogP contribution in [0.4, 0.5) is 0 Å². The second-order valence-corrected chi connectivity index (χ2v) is 6.66. The first-order valence-electron chi connectivity index (χ1n) is 8.76. The van der Waals surface area contributed by atoms with Crippen molar-refractivity contribution in [1.82, 2.24) is 15.2 Å². The Hall–Kier alpha value is -1.81. The van der Waals surface area contributed by atoms with Crippen LogP contribution in [0.3, 0.4) is 0 Å². The molecule has 0 unspecified atom stereocenters. The van der Waals surface area contributed by atoms with E-state index in [9.17, 15) is 4.79 Å². The van der Waals surface area contributed by atoms with Crippen LogP contribution in [0.2, 0.25) is 0 Å². The van der Waals surface area contributed by atoms with Crippen molar-refractivity contribution in [3.63, 3.8) is 0 Å². The van der Waals surface area contributed by atoms with E-state index in [4.69, 9.17) is 0 Å². The molecule has 1 aromatic carbocycles. The maximum absolute atomic E-state index is 12.2. The summed E-state index contributed by atoms with van der Waals surface area (Å²) in [6.45, 7) is 1.67. The van der Waals surface area contributed by atoms with Crippen LogP contribution in [-0.4, -0.2) is 42.0 Å². The summed E-state index contributed by atoms with van der Waals surface area (Å²) in [6.07, 6.45) is 9.07. The van der Waals surface area contributed by atoms with Gasteiger partial charge in [0.25, 0.3) is 0 Å². The molecule has 0 saturated heterocycles. The zero-order valence-electron chi connectivity index (χ0n) is 14.0. The van der Waals surface area contributed by atoms with Crippen molar-refractivity contribution in [2.75, 3.05) is 20.1 Å². The number of fused-ring (bicyclic) bond motifs is 1. The molecular formula is C19H27N3O. The van der Waals surface area contributed by atoms with Gasteiger partial charge in [-0.2, -0.15) is 0 Å². The molecule has 0 radical (unpaired) electrons. The topological polar surface area (TPSA) is 48.1 Å². The zero-order valence-corrected chi connectivity index (χ0v) is 14.0. The Balaban J connectivity index is 1.44. The summed E-state index contributed by atoms with van der Waals surface area (Å²) in [5.41, 5.74) is 2.16. The van der Waals surface area contributed by atoms with Gasteiger partial charge in [0.05, 0.1) is 6.42 Å². The van der Waals surface area contributed by atoms with E-state index in [1.807, 2.05) is 24.4 Å². The molecule has 0 bridgehead atoms. The molecule has 1 aromatic heterocycles. The minimum Gasteiger partial charge on any atom is -0.361 e. The van der Waals surface area contributed by atoms with E-state index in [-0.39, 0.29) is 5.91 Å². The highest BCUT2D eigenvalue weighted by Crippen LogP contribution is 2.21. The SMILES string of the molecule is CN(CCNC(=O)Cc1c[nH]c2ccccc12)C1CCCCC1. The fourth-order valence-corrected chi connectivity index (χ4v) is 3.59. The highest BCUT2D eigenvalue weighted by atomic mass is 16.1. The molecule has 1 aliphatic carbocycles. The fraction of sp³-hybridized carbons (Fsp3) is 0.526. The predicted molar refractivity (Wildman–Crippen MR) is 94.5 cm³/mol. The Morgan fingerprint density at radius 1 is 1.26 bits per heavy atom. The molecule has 2 aromatic rings. The summed E-state index contributed by atoms with van der Waals surface area (Å²) in [4.78, 5) is 17.8. The number of nitrogens with one attached hydrogen (secondary N) is 2. The standard InChI is InChI=1S/C19H27N3O/c1-22(16-7-3-2-4-8-16)12-11-20-19(23)13-15-14-21-18-10-6-5-9-17(15)18/h5-6,9-10,14,16,21H,2-4,7-8,11-13H2,1H3,(H,20,23). The van der Waals surface area contributed by atoms with Gasteiger partial charge in [-0.1, -0.05) is 37.5 Å². The highest BCUT2D eigenvalue weighted by Gasteiger charge is 2.17. The molecule has 4 nitrogen and oxygen atoms in total. The lowest BCUT2D eigenvalue weighted by atomic mass is 9.94. The minimum absolute atomic E-state index is 0.104. The van der Waals surface area contributed by atoms with Crippen molar-refractivity contribution in [3.8, 4) is 0 Å². The van der Waals surface area contributed by atoms with Crippen molar-refractivity contribution >= 4 is 16.8 Å². The number of nitrogens with zero attached hydrogens (tertiary/aromatic N) is 1. The number of H-pyrrole nitrogens is 1. The average molecular weight is 313 g/mol. The maximum atomic E-state index is 12.2. The summed E-state index contributed by atoms with van der Waals surface area (Å²) >= 11 is 0. The Labute approximate surface area is 138 Å². The van der Waals surface area contributed by atoms with Crippen molar-refractivity contribution in [1.29, 1.82) is 0 Å². The number of para-hydroxylation sites is 1. The van der Waals surface area contributed by atoms with Crippen LogP contribution in [0, 0.1) is 0 Å². The summed E-state index contributed by atoms with van der Waals surface area (Å²) in [7, 11) is 2.18. The number of amides is 1. The number of hydrogen-bond acceptors (Lipinski definition) is 2. The fourth-order valence-electron chi connectivity index (χ4n) is 3.59. The number of likely N-dealkylation sites (N-methyl/N-ethyl adjacent to an activating group) is 1. The summed E-state index contributed by atoms with van der Waals surface area (Å²) in [6, 6.07) is 8.82. The number of carbonyl (C=O) groups excluding carboxylic acids is 1. The molecule has 2 N–H and O–H groups in total. The lowest BCUT2D eigenvalue weighted by Gasteiger charge is -2.31. The number of hydrogen-bond donors (Lipinski definition) is 2. The lowest BCUT2D eigenvalue weighted by molar-refractivity contribution is -0.120. The molecule has 1 amide bonds. The van der Waals surface area contributed by atoms with Crippen LogP contribution < -0.4 is 5.32 Å². The first-order valence-corrected chi connectivity index (χ1v) is 8.76. The molecule has 0 spiro atoms. The van der Waals surface area contributed by atoms with Crippen LogP contribution in [0.1, 0.15) is 37.7 Å². The third kappa shape index (κ3) is 4.14. The van der Waals surface area contributed by atoms with Gasteiger partial charge in [-0.25, -0.2) is 0 Å². The van der Waals surface area contributed by atoms with Gasteiger partial charge < -0.3 is 15.2 Å². The third-order valence-electron chi connectivity index (χ3n) is 5.01. The number of carbonyl (C=O) groups is 1. The van der Waals surface area contributed by atoms with Crippen LogP contribution in [0.15, 0.2) is 30.5 Å². The molecule has 0 atom stereocenters. The normalized spacial score (nSPS) is 16.1. The van der Waals surface area contributed by atoms with E-state index in [0.717, 1.165) is 29.6 Å². The van der Waals surface area contributed by atoms with Gasteiger partial charge in [-0.15, -0.1) is 0 Å². The Kier molecular flexibility index (Phi) is 5.34. The van der Waals surface area contributed by atoms with Crippen molar-refractivity contribution < 1.29 is 4.79 Å². The number of rotatable bonds is 6. The Morgan fingerprint density at radius 2 is 2.04 bits per heavy atom. The van der Waals surface area contributed by atoms with Crippen molar-refractivity contribution in [3.05, 3.63) is 36.0 Å². The molecule has 4 heteroatoms. The van der Waals surface area contributed by atoms with Gasteiger partial charge in [0.1, 0.15) is 0 Å². The Bertz CT molecular complexity index is 643. The maximum Gasteiger partial charge on any atom is 0.224 e. The molecule has 0 aliphatic heterocycles. The Morgan fingerprint density at radius 3 is 2.87 bits per heavy atom. The lowest BCUT2D eigenvalue weighted by Crippen LogP contribution is -2.39. The minimum atomic E-state index is 0.104. The summed E-state index contributed by atoms with van der Waals surface area (Å²) in [5, 5.41) is 4.20. The van der Waals surface area contributed by atoms with E-state index in [1.165, 1.54) is 32.1 Å². The van der Waals surface area contributed by atoms with Crippen molar-refractivity contribution in [2.24, 2.45) is 0 Å². The largest absolute Gasteiger partial charge is 0.361 e. The molecule has 1 heterocycles.